The third-order valence-corrected chi connectivity index (χ3v) is 8.60. The van der Waals surface area contributed by atoms with Gasteiger partial charge < -0.3 is 20.6 Å². The van der Waals surface area contributed by atoms with Crippen LogP contribution in [0.4, 0.5) is 15.3 Å². The molecule has 2 aliphatic heterocycles. The van der Waals surface area contributed by atoms with Crippen molar-refractivity contribution in [1.82, 2.24) is 25.1 Å². The van der Waals surface area contributed by atoms with Crippen molar-refractivity contribution in [3.63, 3.8) is 0 Å². The molecule has 0 aliphatic carbocycles. The molecule has 6 rings (SSSR count). The summed E-state index contributed by atoms with van der Waals surface area (Å²) in [6.45, 7) is -0.324. The first kappa shape index (κ1) is 21.9. The van der Waals surface area contributed by atoms with Gasteiger partial charge in [-0.1, -0.05) is 22.9 Å². The number of nitrogens with two attached hydrogens (primary N) is 1. The molecule has 0 radical (unpaired) electrons. The largest absolute Gasteiger partial charge is 0.390 e. The lowest BCUT2D eigenvalue weighted by Gasteiger charge is -2.41. The number of hydrogen-bond acceptors (Lipinski definition) is 9. The zero-order valence-corrected chi connectivity index (χ0v) is 20.2. The SMILES string of the molecule is CN(C)c1nc2ccc(-c3[nH]nc4nc(N5[C@H]6CC[C@@H]5[C@@H](F)[C@@H](N)C6)c(CO)nc34)c(Cl)c2s1. The average Bonchev–Trinajstić information content (AvgIpc) is 3.52. The van der Waals surface area contributed by atoms with Gasteiger partial charge in [0.05, 0.1) is 33.6 Å². The van der Waals surface area contributed by atoms with Gasteiger partial charge in [0, 0.05) is 31.7 Å². The fourth-order valence-electron chi connectivity index (χ4n) is 5.21. The monoisotopic (exact) mass is 502 g/mol. The molecule has 2 aliphatic rings. The van der Waals surface area contributed by atoms with Crippen molar-refractivity contribution in [2.75, 3.05) is 23.9 Å². The lowest BCUT2D eigenvalue weighted by molar-refractivity contribution is 0.202. The average molecular weight is 503 g/mol. The van der Waals surface area contributed by atoms with Gasteiger partial charge in [0.1, 0.15) is 17.4 Å². The van der Waals surface area contributed by atoms with Gasteiger partial charge in [-0.25, -0.2) is 19.3 Å². The van der Waals surface area contributed by atoms with Gasteiger partial charge in [-0.3, -0.25) is 5.10 Å². The summed E-state index contributed by atoms with van der Waals surface area (Å²) >= 11 is 8.30. The predicted molar refractivity (Wildman–Crippen MR) is 132 cm³/mol. The van der Waals surface area contributed by atoms with Crippen LogP contribution in [0.3, 0.4) is 0 Å². The fraction of sp³-hybridized carbons (Fsp3) is 0.455. The fourth-order valence-corrected chi connectivity index (χ4v) is 6.51. The lowest BCUT2D eigenvalue weighted by Crippen LogP contribution is -2.56. The number of H-pyrrole nitrogens is 1. The van der Waals surface area contributed by atoms with Crippen molar-refractivity contribution in [1.29, 1.82) is 0 Å². The highest BCUT2D eigenvalue weighted by Crippen LogP contribution is 2.43. The molecular formula is C22H24ClFN8OS. The summed E-state index contributed by atoms with van der Waals surface area (Å²) in [7, 11) is 3.87. The van der Waals surface area contributed by atoms with Crippen LogP contribution in [0.15, 0.2) is 12.1 Å². The Morgan fingerprint density at radius 3 is 2.88 bits per heavy atom. The zero-order valence-electron chi connectivity index (χ0n) is 18.7. The first-order chi connectivity index (χ1) is 16.4. The molecule has 5 heterocycles. The Hall–Kier alpha value is -2.60. The number of alkyl halides is 1. The second-order valence-electron chi connectivity index (χ2n) is 9.14. The number of nitrogens with zero attached hydrogens (tertiary/aromatic N) is 6. The molecule has 34 heavy (non-hydrogen) atoms. The van der Waals surface area contributed by atoms with E-state index in [1.54, 1.807) is 0 Å². The number of aromatic nitrogens is 5. The molecule has 2 fully saturated rings. The summed E-state index contributed by atoms with van der Waals surface area (Å²) in [5, 5.41) is 19.0. The second-order valence-corrected chi connectivity index (χ2v) is 10.5. The molecule has 12 heteroatoms. The van der Waals surface area contributed by atoms with Gasteiger partial charge >= 0.3 is 0 Å². The molecule has 0 amide bonds. The summed E-state index contributed by atoms with van der Waals surface area (Å²) in [5.74, 6) is 0.481. The highest BCUT2D eigenvalue weighted by molar-refractivity contribution is 7.22. The van der Waals surface area contributed by atoms with Crippen LogP contribution < -0.4 is 15.5 Å². The van der Waals surface area contributed by atoms with E-state index in [-0.39, 0.29) is 18.7 Å². The van der Waals surface area contributed by atoms with E-state index in [1.165, 1.54) is 11.3 Å². The molecule has 2 saturated heterocycles. The maximum Gasteiger partial charge on any atom is 0.202 e. The summed E-state index contributed by atoms with van der Waals surface area (Å²) in [6.07, 6.45) is 0.951. The third kappa shape index (κ3) is 3.18. The van der Waals surface area contributed by atoms with Crippen molar-refractivity contribution in [3.8, 4) is 11.3 Å². The van der Waals surface area contributed by atoms with E-state index in [0.29, 0.717) is 46.2 Å². The number of hydrogen-bond donors (Lipinski definition) is 3. The Balaban J connectivity index is 1.46. The Morgan fingerprint density at radius 2 is 2.12 bits per heavy atom. The summed E-state index contributed by atoms with van der Waals surface area (Å²) in [4.78, 5) is 18.0. The van der Waals surface area contributed by atoms with Crippen LogP contribution >= 0.6 is 22.9 Å². The van der Waals surface area contributed by atoms with Crippen molar-refractivity contribution in [2.24, 2.45) is 5.73 Å². The van der Waals surface area contributed by atoms with Crippen LogP contribution in [0.2, 0.25) is 5.02 Å². The van der Waals surface area contributed by atoms with Gasteiger partial charge in [0.2, 0.25) is 5.65 Å². The summed E-state index contributed by atoms with van der Waals surface area (Å²) < 4.78 is 15.8. The molecule has 4 atom stereocenters. The van der Waals surface area contributed by atoms with Gasteiger partial charge in [0.25, 0.3) is 0 Å². The number of nitrogens with one attached hydrogen (secondary N) is 1. The van der Waals surface area contributed by atoms with Crippen LogP contribution in [0.5, 0.6) is 0 Å². The molecule has 4 aromatic rings. The molecule has 4 N–H and O–H groups in total. The molecule has 3 aromatic heterocycles. The second kappa shape index (κ2) is 7.98. The molecule has 1 aromatic carbocycles. The van der Waals surface area contributed by atoms with Crippen LogP contribution in [0.25, 0.3) is 32.6 Å². The van der Waals surface area contributed by atoms with Gasteiger partial charge in [-0.15, -0.1) is 0 Å². The van der Waals surface area contributed by atoms with Crippen LogP contribution in [0, 0.1) is 0 Å². The van der Waals surface area contributed by atoms with Crippen molar-refractivity contribution in [2.45, 2.75) is 50.2 Å². The Kier molecular flexibility index (Phi) is 5.14. The van der Waals surface area contributed by atoms with Crippen molar-refractivity contribution >= 4 is 55.3 Å². The minimum absolute atomic E-state index is 0.0801. The van der Waals surface area contributed by atoms with Crippen LogP contribution in [0.1, 0.15) is 25.0 Å². The van der Waals surface area contributed by atoms with E-state index in [0.717, 1.165) is 27.3 Å². The first-order valence-corrected chi connectivity index (χ1v) is 12.4. The molecule has 9 nitrogen and oxygen atoms in total. The Morgan fingerprint density at radius 1 is 1.29 bits per heavy atom. The number of thiazole rings is 1. The van der Waals surface area contributed by atoms with E-state index in [4.69, 9.17) is 27.3 Å². The number of benzene rings is 1. The van der Waals surface area contributed by atoms with E-state index >= 15 is 0 Å². The maximum atomic E-state index is 14.9. The normalized spacial score (nSPS) is 24.5. The van der Waals surface area contributed by atoms with Crippen LogP contribution in [-0.4, -0.2) is 68.6 Å². The van der Waals surface area contributed by atoms with Gasteiger partial charge in [-0.2, -0.15) is 5.10 Å². The maximum absolute atomic E-state index is 14.9. The topological polar surface area (TPSA) is 120 Å². The molecule has 2 bridgehead atoms. The van der Waals surface area contributed by atoms with E-state index in [2.05, 4.69) is 15.2 Å². The highest BCUT2D eigenvalue weighted by atomic mass is 35.5. The first-order valence-electron chi connectivity index (χ1n) is 11.2. The number of piperidine rings is 1. The van der Waals surface area contributed by atoms with Crippen molar-refractivity contribution in [3.05, 3.63) is 22.8 Å². The highest BCUT2D eigenvalue weighted by Gasteiger charge is 2.48. The molecular weight excluding hydrogens is 479 g/mol. The number of halogens is 2. The lowest BCUT2D eigenvalue weighted by atomic mass is 9.96. The number of aliphatic hydroxyl groups excluding tert-OH is 1. The predicted octanol–water partition coefficient (Wildman–Crippen LogP) is 3.25. The standard InChI is InChI=1S/C22H24ClFN8OS/c1-31(2)22-27-12-5-4-10(15(23)19(12)34-22)17-18-20(30-29-17)28-21(13(8-33)26-18)32-9-3-6-14(32)16(24)11(25)7-9/h4-5,9,11,14,16,33H,3,6-8,25H2,1-2H3,(H,28,29,30)/t9-,11-,14+,16-/m0/s1. The summed E-state index contributed by atoms with van der Waals surface area (Å²) in [5.41, 5.74) is 9.45. The Labute approximate surface area is 203 Å². The third-order valence-electron chi connectivity index (χ3n) is 6.84. The van der Waals surface area contributed by atoms with Crippen molar-refractivity contribution < 1.29 is 9.50 Å². The molecule has 178 valence electrons. The minimum Gasteiger partial charge on any atom is -0.390 e. The zero-order chi connectivity index (χ0) is 23.7. The number of fused-ring (bicyclic) bond motifs is 4. The van der Waals surface area contributed by atoms with Gasteiger partial charge in [0.15, 0.2) is 10.9 Å². The summed E-state index contributed by atoms with van der Waals surface area (Å²) in [6, 6.07) is 3.04. The quantitative estimate of drug-likeness (QED) is 0.389. The van der Waals surface area contributed by atoms with E-state index < -0.39 is 12.2 Å². The molecule has 0 saturated carbocycles. The number of aliphatic hydroxyl groups is 1. The Bertz CT molecular complexity index is 1410. The number of aromatic amines is 1. The van der Waals surface area contributed by atoms with Gasteiger partial charge in [-0.05, 0) is 31.4 Å². The smallest absolute Gasteiger partial charge is 0.202 e. The molecule has 0 spiro atoms. The number of rotatable bonds is 4. The molecule has 0 unspecified atom stereocenters. The van der Waals surface area contributed by atoms with E-state index in [1.807, 2.05) is 36.0 Å². The number of anilines is 2. The van der Waals surface area contributed by atoms with Crippen LogP contribution in [-0.2, 0) is 6.61 Å². The minimum atomic E-state index is -1.14. The van der Waals surface area contributed by atoms with E-state index in [9.17, 15) is 9.50 Å².